The van der Waals surface area contributed by atoms with E-state index in [-0.39, 0.29) is 0 Å². The van der Waals surface area contributed by atoms with Crippen LogP contribution in [0.3, 0.4) is 0 Å². The van der Waals surface area contributed by atoms with Crippen LogP contribution in [0.2, 0.25) is 0 Å². The van der Waals surface area contributed by atoms with E-state index in [4.69, 9.17) is 23.2 Å². The summed E-state index contributed by atoms with van der Waals surface area (Å²) >= 11 is 11.7. The molecule has 0 aliphatic carbocycles. The largest absolute Gasteiger partial charge is 0.380 e. The van der Waals surface area contributed by atoms with Gasteiger partial charge in [0.2, 0.25) is 3.67 Å². The van der Waals surface area contributed by atoms with Gasteiger partial charge in [0.15, 0.2) is 0 Å². The van der Waals surface area contributed by atoms with E-state index in [1.165, 1.54) is 0 Å². The highest BCUT2D eigenvalue weighted by Crippen LogP contribution is 2.37. The van der Waals surface area contributed by atoms with Gasteiger partial charge < -0.3 is 5.32 Å². The van der Waals surface area contributed by atoms with Gasteiger partial charge >= 0.3 is 0 Å². The number of anilines is 1. The van der Waals surface area contributed by atoms with Crippen LogP contribution >= 0.6 is 23.2 Å². The molecule has 0 bridgehead atoms. The van der Waals surface area contributed by atoms with Crippen molar-refractivity contribution < 1.29 is 4.21 Å². The van der Waals surface area contributed by atoms with Crippen LogP contribution in [-0.2, 0) is 10.8 Å². The first kappa shape index (κ1) is 9.31. The van der Waals surface area contributed by atoms with Crippen LogP contribution < -0.4 is 5.32 Å². The molecule has 1 atom stereocenters. The van der Waals surface area contributed by atoms with Crippen molar-refractivity contribution in [2.24, 2.45) is 0 Å². The lowest BCUT2D eigenvalue weighted by molar-refractivity contribution is 0.676. The smallest absolute Gasteiger partial charge is 0.213 e. The molecule has 0 saturated carbocycles. The fourth-order valence-corrected chi connectivity index (χ4v) is 2.90. The Bertz CT molecular complexity index is 367. The molecule has 0 saturated heterocycles. The minimum Gasteiger partial charge on any atom is -0.380 e. The molecule has 0 spiro atoms. The van der Waals surface area contributed by atoms with Crippen LogP contribution in [0.4, 0.5) is 5.69 Å². The number of halogens is 2. The molecular formula is C8H7Cl2NOS. The number of hydrogen-bond donors (Lipinski definition) is 1. The van der Waals surface area contributed by atoms with Gasteiger partial charge in [-0.3, -0.25) is 4.21 Å². The Labute approximate surface area is 88.7 Å². The summed E-state index contributed by atoms with van der Waals surface area (Å²) in [7, 11) is -1.36. The third-order valence-corrected chi connectivity index (χ3v) is 4.39. The number of rotatable bonds is 0. The van der Waals surface area contributed by atoms with E-state index >= 15 is 0 Å². The molecule has 13 heavy (non-hydrogen) atoms. The second-order valence-corrected chi connectivity index (χ2v) is 6.36. The van der Waals surface area contributed by atoms with Crippen LogP contribution in [-0.4, -0.2) is 14.4 Å². The van der Waals surface area contributed by atoms with Gasteiger partial charge in [0.05, 0.1) is 27.9 Å². The van der Waals surface area contributed by atoms with Crippen molar-refractivity contribution in [3.63, 3.8) is 0 Å². The number of benzene rings is 1. The molecule has 2 nitrogen and oxygen atoms in total. The van der Waals surface area contributed by atoms with Crippen LogP contribution in [0.25, 0.3) is 0 Å². The van der Waals surface area contributed by atoms with Gasteiger partial charge in [0, 0.05) is 0 Å². The van der Waals surface area contributed by atoms with Gasteiger partial charge in [0.1, 0.15) is 0 Å². The second-order valence-electron chi connectivity index (χ2n) is 2.76. The maximum Gasteiger partial charge on any atom is 0.213 e. The number of nitrogens with one attached hydrogen (secondary N) is 1. The highest BCUT2D eigenvalue weighted by molar-refractivity contribution is 7.89. The SMILES string of the molecule is O=S1c2ccccc2NCC1(Cl)Cl. The van der Waals surface area contributed by atoms with Crippen LogP contribution in [0.15, 0.2) is 29.2 Å². The number of alkyl halides is 2. The van der Waals surface area contributed by atoms with E-state index in [9.17, 15) is 4.21 Å². The molecule has 0 fully saturated rings. The standard InChI is InChI=1S/C8H7Cl2NOS/c9-8(10)5-11-6-3-1-2-4-7(6)13(8)12/h1-4,11H,5H2. The lowest BCUT2D eigenvalue weighted by atomic mass is 10.3. The Morgan fingerprint density at radius 2 is 2.08 bits per heavy atom. The van der Waals surface area contributed by atoms with Crippen molar-refractivity contribution in [1.82, 2.24) is 0 Å². The van der Waals surface area contributed by atoms with Crippen molar-refractivity contribution in [1.29, 1.82) is 0 Å². The maximum atomic E-state index is 11.7. The molecule has 70 valence electrons. The lowest BCUT2D eigenvalue weighted by Crippen LogP contribution is -2.34. The average molecular weight is 236 g/mol. The van der Waals surface area contributed by atoms with Crippen molar-refractivity contribution in [3.05, 3.63) is 24.3 Å². The molecule has 1 aromatic rings. The topological polar surface area (TPSA) is 29.1 Å². The zero-order valence-corrected chi connectivity index (χ0v) is 8.92. The molecule has 5 heteroatoms. The van der Waals surface area contributed by atoms with E-state index in [1.807, 2.05) is 18.2 Å². The zero-order chi connectivity index (χ0) is 9.47. The quantitative estimate of drug-likeness (QED) is 0.700. The Balaban J connectivity index is 2.52. The summed E-state index contributed by atoms with van der Waals surface area (Å²) in [6, 6.07) is 7.31. The van der Waals surface area contributed by atoms with E-state index in [2.05, 4.69) is 5.32 Å². The summed E-state index contributed by atoms with van der Waals surface area (Å²) in [6.07, 6.45) is 0. The zero-order valence-electron chi connectivity index (χ0n) is 6.59. The lowest BCUT2D eigenvalue weighted by Gasteiger charge is -2.27. The Kier molecular flexibility index (Phi) is 2.26. The first-order valence-corrected chi connectivity index (χ1v) is 5.64. The summed E-state index contributed by atoms with van der Waals surface area (Å²) in [5.41, 5.74) is 0.845. The molecule has 0 amide bonds. The van der Waals surface area contributed by atoms with Crippen LogP contribution in [0, 0.1) is 0 Å². The third-order valence-electron chi connectivity index (χ3n) is 1.84. The van der Waals surface area contributed by atoms with Crippen molar-refractivity contribution in [2.45, 2.75) is 8.56 Å². The van der Waals surface area contributed by atoms with Gasteiger partial charge in [0.25, 0.3) is 0 Å². The summed E-state index contributed by atoms with van der Waals surface area (Å²) in [5.74, 6) is 0. The van der Waals surface area contributed by atoms with E-state index < -0.39 is 14.5 Å². The van der Waals surface area contributed by atoms with Gasteiger partial charge in [-0.2, -0.15) is 0 Å². The fourth-order valence-electron chi connectivity index (χ4n) is 1.20. The van der Waals surface area contributed by atoms with Gasteiger partial charge in [-0.1, -0.05) is 35.3 Å². The highest BCUT2D eigenvalue weighted by atomic mass is 35.5. The van der Waals surface area contributed by atoms with Crippen molar-refractivity contribution >= 4 is 39.7 Å². The molecule has 1 unspecified atom stereocenters. The Morgan fingerprint density at radius 3 is 2.85 bits per heavy atom. The Morgan fingerprint density at radius 1 is 1.38 bits per heavy atom. The number of para-hydroxylation sites is 1. The predicted octanol–water partition coefficient (Wildman–Crippen LogP) is 2.35. The van der Waals surface area contributed by atoms with Crippen LogP contribution in [0.1, 0.15) is 0 Å². The molecule has 0 aromatic heterocycles. The predicted molar refractivity (Wildman–Crippen MR) is 55.8 cm³/mol. The van der Waals surface area contributed by atoms with Gasteiger partial charge in [-0.25, -0.2) is 0 Å². The molecule has 1 aromatic carbocycles. The Hall–Kier alpha value is -0.250. The normalized spacial score (nSPS) is 24.6. The highest BCUT2D eigenvalue weighted by Gasteiger charge is 2.37. The first-order valence-electron chi connectivity index (χ1n) is 3.74. The van der Waals surface area contributed by atoms with Crippen molar-refractivity contribution in [3.8, 4) is 0 Å². The maximum absolute atomic E-state index is 11.7. The number of hydrogen-bond acceptors (Lipinski definition) is 2. The fraction of sp³-hybridized carbons (Fsp3) is 0.250. The molecule has 1 aliphatic heterocycles. The van der Waals surface area contributed by atoms with E-state index in [0.29, 0.717) is 11.4 Å². The minimum atomic E-state index is -1.36. The summed E-state index contributed by atoms with van der Waals surface area (Å²) in [6.45, 7) is 0.305. The van der Waals surface area contributed by atoms with Gasteiger partial charge in [-0.05, 0) is 12.1 Å². The summed E-state index contributed by atoms with van der Waals surface area (Å²) < 4.78 is 10.5. The molecule has 1 N–H and O–H groups in total. The van der Waals surface area contributed by atoms with E-state index in [0.717, 1.165) is 5.69 Å². The molecule has 2 rings (SSSR count). The minimum absolute atomic E-state index is 0.305. The first-order chi connectivity index (χ1) is 6.11. The molecule has 1 heterocycles. The third kappa shape index (κ3) is 1.56. The van der Waals surface area contributed by atoms with Crippen molar-refractivity contribution in [2.75, 3.05) is 11.9 Å². The average Bonchev–Trinajstić information content (AvgIpc) is 2.13. The van der Waals surface area contributed by atoms with Crippen LogP contribution in [0.5, 0.6) is 0 Å². The van der Waals surface area contributed by atoms with E-state index in [1.54, 1.807) is 6.07 Å². The molecule has 0 radical (unpaired) electrons. The summed E-state index contributed by atoms with van der Waals surface area (Å²) in [4.78, 5) is 0.666. The number of fused-ring (bicyclic) bond motifs is 1. The summed E-state index contributed by atoms with van der Waals surface area (Å²) in [5, 5.41) is 3.03. The molecule has 1 aliphatic rings. The van der Waals surface area contributed by atoms with Gasteiger partial charge in [-0.15, -0.1) is 0 Å². The monoisotopic (exact) mass is 235 g/mol. The molecular weight excluding hydrogens is 229 g/mol. The second kappa shape index (κ2) is 3.15.